The minimum atomic E-state index is 0.764. The van der Waals surface area contributed by atoms with E-state index in [1.807, 2.05) is 0 Å². The molecule has 0 bridgehead atoms. The largest absolute Gasteiger partial charge is 0.315 e. The molecule has 102 valence electrons. The number of rotatable bonds is 7. The molecule has 0 aromatic heterocycles. The lowest BCUT2D eigenvalue weighted by molar-refractivity contribution is 0.0963. The van der Waals surface area contributed by atoms with Crippen LogP contribution in [0.25, 0.3) is 0 Å². The Morgan fingerprint density at radius 3 is 2.65 bits per heavy atom. The van der Waals surface area contributed by atoms with Gasteiger partial charge in [0.1, 0.15) is 0 Å². The van der Waals surface area contributed by atoms with Crippen LogP contribution in [0, 0.1) is 5.92 Å². The molecule has 2 atom stereocenters. The molecule has 1 heterocycles. The Hall–Kier alpha value is -0.0800. The van der Waals surface area contributed by atoms with Crippen LogP contribution in [-0.4, -0.2) is 36.6 Å². The van der Waals surface area contributed by atoms with Gasteiger partial charge in [0.15, 0.2) is 0 Å². The summed E-state index contributed by atoms with van der Waals surface area (Å²) in [6.07, 6.45) is 6.86. The second-order valence-electron chi connectivity index (χ2n) is 6.08. The summed E-state index contributed by atoms with van der Waals surface area (Å²) in [5.74, 6) is 0.764. The van der Waals surface area contributed by atoms with Crippen molar-refractivity contribution in [3.8, 4) is 0 Å². The molecule has 17 heavy (non-hydrogen) atoms. The second-order valence-corrected chi connectivity index (χ2v) is 6.08. The Morgan fingerprint density at radius 1 is 1.24 bits per heavy atom. The summed E-state index contributed by atoms with van der Waals surface area (Å²) in [6, 6.07) is 1.55. The smallest absolute Gasteiger partial charge is 0.0223 e. The van der Waals surface area contributed by atoms with Gasteiger partial charge >= 0.3 is 0 Å². The van der Waals surface area contributed by atoms with Gasteiger partial charge < -0.3 is 5.32 Å². The topological polar surface area (TPSA) is 15.3 Å². The second kappa shape index (κ2) is 8.10. The Kier molecular flexibility index (Phi) is 7.14. The lowest BCUT2D eigenvalue weighted by Crippen LogP contribution is -2.49. The van der Waals surface area contributed by atoms with Crippen LogP contribution >= 0.6 is 0 Å². The van der Waals surface area contributed by atoms with E-state index in [4.69, 9.17) is 0 Å². The highest BCUT2D eigenvalue weighted by Crippen LogP contribution is 2.21. The number of hydrogen-bond acceptors (Lipinski definition) is 2. The third-order valence-electron chi connectivity index (χ3n) is 3.88. The lowest BCUT2D eigenvalue weighted by Gasteiger charge is -2.40. The molecule has 1 aliphatic heterocycles. The van der Waals surface area contributed by atoms with Crippen LogP contribution in [0.2, 0.25) is 0 Å². The molecule has 2 unspecified atom stereocenters. The van der Waals surface area contributed by atoms with Gasteiger partial charge in [0.25, 0.3) is 0 Å². The van der Waals surface area contributed by atoms with Gasteiger partial charge in [-0.05, 0) is 45.2 Å². The molecule has 1 aliphatic rings. The summed E-state index contributed by atoms with van der Waals surface area (Å²) in [7, 11) is 0. The van der Waals surface area contributed by atoms with Gasteiger partial charge in [-0.3, -0.25) is 4.90 Å². The van der Waals surface area contributed by atoms with Gasteiger partial charge in [0, 0.05) is 18.6 Å². The molecule has 0 saturated carbocycles. The maximum atomic E-state index is 3.64. The zero-order chi connectivity index (χ0) is 12.7. The Morgan fingerprint density at radius 2 is 2.00 bits per heavy atom. The number of likely N-dealkylation sites (tertiary alicyclic amines) is 1. The number of hydrogen-bond donors (Lipinski definition) is 1. The van der Waals surface area contributed by atoms with E-state index in [9.17, 15) is 0 Å². The molecule has 0 radical (unpaired) electrons. The Bertz CT molecular complexity index is 191. The van der Waals surface area contributed by atoms with Crippen molar-refractivity contribution >= 4 is 0 Å². The summed E-state index contributed by atoms with van der Waals surface area (Å²) in [5.41, 5.74) is 0. The normalized spacial score (nSPS) is 24.2. The van der Waals surface area contributed by atoms with E-state index in [-0.39, 0.29) is 0 Å². The summed E-state index contributed by atoms with van der Waals surface area (Å²) >= 11 is 0. The molecule has 0 amide bonds. The highest BCUT2D eigenvalue weighted by Gasteiger charge is 2.25. The first-order valence-corrected chi connectivity index (χ1v) is 7.61. The number of piperidine rings is 1. The van der Waals surface area contributed by atoms with Gasteiger partial charge in [0.05, 0.1) is 0 Å². The minimum absolute atomic E-state index is 0.764. The zero-order valence-electron chi connectivity index (χ0n) is 12.3. The van der Waals surface area contributed by atoms with Crippen molar-refractivity contribution in [2.45, 2.75) is 71.9 Å². The molecule has 0 aliphatic carbocycles. The fraction of sp³-hybridized carbons (Fsp3) is 1.00. The van der Waals surface area contributed by atoms with E-state index >= 15 is 0 Å². The molecule has 0 spiro atoms. The van der Waals surface area contributed by atoms with Crippen molar-refractivity contribution in [1.29, 1.82) is 0 Å². The quantitative estimate of drug-likeness (QED) is 0.735. The first kappa shape index (κ1) is 15.0. The van der Waals surface area contributed by atoms with Crippen LogP contribution in [0.5, 0.6) is 0 Å². The van der Waals surface area contributed by atoms with Crippen LogP contribution in [0.3, 0.4) is 0 Å². The van der Waals surface area contributed by atoms with Gasteiger partial charge in [-0.25, -0.2) is 0 Å². The SMILES string of the molecule is CCCC(C)N1CCCCC1CNCC(C)C. The van der Waals surface area contributed by atoms with E-state index in [0.29, 0.717) is 0 Å². The number of nitrogens with zero attached hydrogens (tertiary/aromatic N) is 1. The van der Waals surface area contributed by atoms with Gasteiger partial charge in [-0.1, -0.05) is 33.6 Å². The summed E-state index contributed by atoms with van der Waals surface area (Å²) in [6.45, 7) is 12.9. The predicted octanol–water partition coefficient (Wildman–Crippen LogP) is 3.28. The van der Waals surface area contributed by atoms with E-state index in [1.165, 1.54) is 45.2 Å². The molecule has 2 nitrogen and oxygen atoms in total. The average Bonchev–Trinajstić information content (AvgIpc) is 2.29. The fourth-order valence-electron chi connectivity index (χ4n) is 2.94. The maximum absolute atomic E-state index is 3.64. The van der Waals surface area contributed by atoms with Crippen LogP contribution in [0.1, 0.15) is 59.8 Å². The van der Waals surface area contributed by atoms with E-state index < -0.39 is 0 Å². The van der Waals surface area contributed by atoms with Crippen molar-refractivity contribution in [3.63, 3.8) is 0 Å². The van der Waals surface area contributed by atoms with Gasteiger partial charge in [-0.15, -0.1) is 0 Å². The fourth-order valence-corrected chi connectivity index (χ4v) is 2.94. The third kappa shape index (κ3) is 5.39. The maximum Gasteiger partial charge on any atom is 0.0223 e. The van der Waals surface area contributed by atoms with Crippen molar-refractivity contribution in [1.82, 2.24) is 10.2 Å². The molecular formula is C15H32N2. The van der Waals surface area contributed by atoms with Crippen LogP contribution in [0.15, 0.2) is 0 Å². The van der Waals surface area contributed by atoms with E-state index in [0.717, 1.165) is 24.5 Å². The van der Waals surface area contributed by atoms with Crippen LogP contribution in [-0.2, 0) is 0 Å². The summed E-state index contributed by atoms with van der Waals surface area (Å²) in [5, 5.41) is 3.64. The molecule has 1 saturated heterocycles. The number of nitrogens with one attached hydrogen (secondary N) is 1. The molecule has 1 N–H and O–H groups in total. The molecule has 1 rings (SSSR count). The van der Waals surface area contributed by atoms with Crippen molar-refractivity contribution in [3.05, 3.63) is 0 Å². The highest BCUT2D eigenvalue weighted by atomic mass is 15.2. The van der Waals surface area contributed by atoms with Crippen molar-refractivity contribution in [2.24, 2.45) is 5.92 Å². The zero-order valence-corrected chi connectivity index (χ0v) is 12.3. The Balaban J connectivity index is 2.36. The highest BCUT2D eigenvalue weighted by molar-refractivity contribution is 4.82. The van der Waals surface area contributed by atoms with Crippen molar-refractivity contribution < 1.29 is 0 Å². The average molecular weight is 240 g/mol. The molecular weight excluding hydrogens is 208 g/mol. The van der Waals surface area contributed by atoms with E-state index in [1.54, 1.807) is 0 Å². The monoisotopic (exact) mass is 240 g/mol. The summed E-state index contributed by atoms with van der Waals surface area (Å²) < 4.78 is 0. The molecule has 2 heteroatoms. The summed E-state index contributed by atoms with van der Waals surface area (Å²) in [4.78, 5) is 2.75. The molecule has 1 fully saturated rings. The predicted molar refractivity (Wildman–Crippen MR) is 76.4 cm³/mol. The molecule has 0 aromatic carbocycles. The Labute approximate surface area is 108 Å². The van der Waals surface area contributed by atoms with E-state index in [2.05, 4.69) is 37.9 Å². The molecule has 0 aromatic rings. The third-order valence-corrected chi connectivity index (χ3v) is 3.88. The van der Waals surface area contributed by atoms with Gasteiger partial charge in [-0.2, -0.15) is 0 Å². The standard InChI is InChI=1S/C15H32N2/c1-5-8-14(4)17-10-7-6-9-15(17)12-16-11-13(2)3/h13-16H,5-12H2,1-4H3. The van der Waals surface area contributed by atoms with Crippen LogP contribution < -0.4 is 5.32 Å². The van der Waals surface area contributed by atoms with Crippen molar-refractivity contribution in [2.75, 3.05) is 19.6 Å². The first-order valence-electron chi connectivity index (χ1n) is 7.61. The lowest BCUT2D eigenvalue weighted by atomic mass is 9.98. The van der Waals surface area contributed by atoms with Gasteiger partial charge in [0.2, 0.25) is 0 Å². The van der Waals surface area contributed by atoms with Crippen LogP contribution in [0.4, 0.5) is 0 Å². The first-order chi connectivity index (χ1) is 8.15. The minimum Gasteiger partial charge on any atom is -0.315 e.